The van der Waals surface area contributed by atoms with Crippen molar-refractivity contribution in [2.45, 2.75) is 24.5 Å². The maximum absolute atomic E-state index is 5.58. The first kappa shape index (κ1) is 11.0. The predicted molar refractivity (Wildman–Crippen MR) is 63.4 cm³/mol. The summed E-state index contributed by atoms with van der Waals surface area (Å²) in [6, 6.07) is 0. The average molecular weight is 272 g/mol. The summed E-state index contributed by atoms with van der Waals surface area (Å²) >= 11 is 3.55. The van der Waals surface area contributed by atoms with Crippen molar-refractivity contribution in [3.8, 4) is 0 Å². The molecule has 1 atom stereocenters. The molecule has 2 aliphatic heterocycles. The highest BCUT2D eigenvalue weighted by molar-refractivity contribution is 9.09. The molecule has 0 aromatic rings. The molecular formula is C11H14BrNO2. The van der Waals surface area contributed by atoms with Gasteiger partial charge in [0.15, 0.2) is 5.79 Å². The number of nitrogens with zero attached hydrogens (tertiary/aromatic N) is 1. The molecule has 1 saturated heterocycles. The maximum Gasteiger partial charge on any atom is 0.163 e. The number of halogens is 1. The van der Waals surface area contributed by atoms with Gasteiger partial charge in [0.25, 0.3) is 0 Å². The van der Waals surface area contributed by atoms with Gasteiger partial charge in [0.1, 0.15) is 0 Å². The number of hydrogen-bond acceptors (Lipinski definition) is 3. The van der Waals surface area contributed by atoms with Gasteiger partial charge in [-0.05, 0) is 19.9 Å². The molecular weight excluding hydrogens is 258 g/mol. The van der Waals surface area contributed by atoms with Crippen molar-refractivity contribution in [1.82, 2.24) is 0 Å². The average Bonchev–Trinajstić information content (AvgIpc) is 2.19. The van der Waals surface area contributed by atoms with Crippen LogP contribution in [0.15, 0.2) is 28.4 Å². The summed E-state index contributed by atoms with van der Waals surface area (Å²) in [6.07, 6.45) is 5.77. The Bertz CT molecular complexity index is 332. The monoisotopic (exact) mass is 271 g/mol. The summed E-state index contributed by atoms with van der Waals surface area (Å²) in [5.74, 6) is -0.472. The Hall–Kier alpha value is -0.450. The molecule has 2 heterocycles. The summed E-state index contributed by atoms with van der Waals surface area (Å²) in [5.41, 5.74) is 2.12. The molecule has 15 heavy (non-hydrogen) atoms. The maximum atomic E-state index is 5.58. The minimum atomic E-state index is -0.472. The second-order valence-electron chi connectivity index (χ2n) is 4.03. The fraction of sp³-hybridized carbons (Fsp3) is 0.545. The van der Waals surface area contributed by atoms with E-state index in [2.05, 4.69) is 27.0 Å². The van der Waals surface area contributed by atoms with Crippen LogP contribution in [0.2, 0.25) is 0 Å². The predicted octanol–water partition coefficient (Wildman–Crippen LogP) is 2.43. The lowest BCUT2D eigenvalue weighted by atomic mass is 10.1. The minimum absolute atomic E-state index is 0.172. The molecule has 0 radical (unpaired) electrons. The molecule has 0 aromatic heterocycles. The quantitative estimate of drug-likeness (QED) is 0.634. The van der Waals surface area contributed by atoms with Gasteiger partial charge in [-0.2, -0.15) is 0 Å². The Morgan fingerprint density at radius 3 is 2.67 bits per heavy atom. The van der Waals surface area contributed by atoms with Gasteiger partial charge in [-0.3, -0.25) is 4.99 Å². The molecule has 0 aromatic carbocycles. The third-order valence-electron chi connectivity index (χ3n) is 2.39. The molecule has 0 bridgehead atoms. The van der Waals surface area contributed by atoms with Crippen molar-refractivity contribution in [1.29, 1.82) is 0 Å². The van der Waals surface area contributed by atoms with E-state index < -0.39 is 5.79 Å². The fourth-order valence-corrected chi connectivity index (χ4v) is 2.09. The zero-order chi connectivity index (χ0) is 10.9. The molecule has 2 rings (SSSR count). The first-order valence-corrected chi connectivity index (χ1v) is 5.85. The van der Waals surface area contributed by atoms with E-state index in [1.807, 2.05) is 19.9 Å². The fourth-order valence-electron chi connectivity index (χ4n) is 1.47. The standard InChI is InChI=1S/C11H14BrNO2/c1-11(2)14-6-8(7-15-11)10-9(12)4-3-5-13-10/h3-5,9H,6-7H2,1-2H3. The number of allylic oxidation sites excluding steroid dienone is 2. The van der Waals surface area contributed by atoms with Crippen LogP contribution >= 0.6 is 15.9 Å². The van der Waals surface area contributed by atoms with Gasteiger partial charge in [-0.1, -0.05) is 22.0 Å². The minimum Gasteiger partial charge on any atom is -0.346 e. The normalized spacial score (nSPS) is 29.7. The smallest absolute Gasteiger partial charge is 0.163 e. The number of alkyl halides is 1. The zero-order valence-electron chi connectivity index (χ0n) is 8.87. The topological polar surface area (TPSA) is 30.8 Å². The molecule has 0 aliphatic carbocycles. The summed E-state index contributed by atoms with van der Waals surface area (Å²) in [4.78, 5) is 4.51. The van der Waals surface area contributed by atoms with E-state index in [1.54, 1.807) is 6.21 Å². The van der Waals surface area contributed by atoms with E-state index in [0.29, 0.717) is 13.2 Å². The van der Waals surface area contributed by atoms with Crippen LogP contribution < -0.4 is 0 Å². The van der Waals surface area contributed by atoms with E-state index in [1.165, 1.54) is 0 Å². The number of aliphatic imine (C=N–C) groups is 1. The van der Waals surface area contributed by atoms with Crippen LogP contribution in [0.4, 0.5) is 0 Å². The largest absolute Gasteiger partial charge is 0.346 e. The number of hydrogen-bond donors (Lipinski definition) is 0. The SMILES string of the molecule is CC1(C)OCC(=C2N=CC=CC2Br)CO1. The zero-order valence-corrected chi connectivity index (χ0v) is 10.5. The van der Waals surface area contributed by atoms with Crippen LogP contribution in [0.25, 0.3) is 0 Å². The van der Waals surface area contributed by atoms with Crippen LogP contribution in [0.3, 0.4) is 0 Å². The van der Waals surface area contributed by atoms with Crippen LogP contribution in [0, 0.1) is 0 Å². The summed E-state index contributed by atoms with van der Waals surface area (Å²) in [7, 11) is 0. The Balaban J connectivity index is 2.15. The van der Waals surface area contributed by atoms with Crippen molar-refractivity contribution in [3.63, 3.8) is 0 Å². The molecule has 0 amide bonds. The molecule has 1 unspecified atom stereocenters. The molecule has 0 N–H and O–H groups in total. The van der Waals surface area contributed by atoms with Crippen LogP contribution in [0.1, 0.15) is 13.8 Å². The van der Waals surface area contributed by atoms with Crippen LogP contribution in [-0.4, -0.2) is 30.0 Å². The van der Waals surface area contributed by atoms with Crippen molar-refractivity contribution >= 4 is 22.1 Å². The van der Waals surface area contributed by atoms with Gasteiger partial charge in [-0.25, -0.2) is 0 Å². The van der Waals surface area contributed by atoms with Gasteiger partial charge in [0, 0.05) is 11.8 Å². The Labute approximate surface area is 98.0 Å². The molecule has 0 spiro atoms. The van der Waals surface area contributed by atoms with Gasteiger partial charge in [-0.15, -0.1) is 0 Å². The highest BCUT2D eigenvalue weighted by Gasteiger charge is 2.27. The second-order valence-corrected chi connectivity index (χ2v) is 5.02. The number of ether oxygens (including phenoxy) is 2. The molecule has 4 heteroatoms. The van der Waals surface area contributed by atoms with Crippen LogP contribution in [-0.2, 0) is 9.47 Å². The third kappa shape index (κ3) is 2.56. The lowest BCUT2D eigenvalue weighted by Gasteiger charge is -2.32. The van der Waals surface area contributed by atoms with Gasteiger partial charge >= 0.3 is 0 Å². The van der Waals surface area contributed by atoms with Crippen molar-refractivity contribution in [2.75, 3.05) is 13.2 Å². The summed E-state index contributed by atoms with van der Waals surface area (Å²) in [6.45, 7) is 5.03. The van der Waals surface area contributed by atoms with E-state index in [9.17, 15) is 0 Å². The first-order valence-electron chi connectivity index (χ1n) is 4.93. The Kier molecular flexibility index (Phi) is 3.09. The Morgan fingerprint density at radius 2 is 2.07 bits per heavy atom. The molecule has 82 valence electrons. The van der Waals surface area contributed by atoms with E-state index in [4.69, 9.17) is 9.47 Å². The lowest BCUT2D eigenvalue weighted by Crippen LogP contribution is -2.36. The van der Waals surface area contributed by atoms with E-state index in [-0.39, 0.29) is 4.83 Å². The number of rotatable bonds is 0. The van der Waals surface area contributed by atoms with Crippen molar-refractivity contribution < 1.29 is 9.47 Å². The molecule has 2 aliphatic rings. The first-order chi connectivity index (χ1) is 7.08. The molecule has 0 saturated carbocycles. The second kappa shape index (κ2) is 4.20. The molecule has 1 fully saturated rings. The van der Waals surface area contributed by atoms with Crippen molar-refractivity contribution in [3.05, 3.63) is 23.4 Å². The Morgan fingerprint density at radius 1 is 1.40 bits per heavy atom. The van der Waals surface area contributed by atoms with Gasteiger partial charge in [0.2, 0.25) is 0 Å². The lowest BCUT2D eigenvalue weighted by molar-refractivity contribution is -0.226. The van der Waals surface area contributed by atoms with Crippen molar-refractivity contribution in [2.24, 2.45) is 4.99 Å². The number of dihydropyridines is 1. The van der Waals surface area contributed by atoms with Crippen LogP contribution in [0.5, 0.6) is 0 Å². The van der Waals surface area contributed by atoms with Gasteiger partial charge in [0.05, 0.1) is 23.7 Å². The van der Waals surface area contributed by atoms with Gasteiger partial charge < -0.3 is 9.47 Å². The third-order valence-corrected chi connectivity index (χ3v) is 3.13. The van der Waals surface area contributed by atoms with E-state index >= 15 is 0 Å². The van der Waals surface area contributed by atoms with E-state index in [0.717, 1.165) is 11.3 Å². The highest BCUT2D eigenvalue weighted by atomic mass is 79.9. The summed E-state index contributed by atoms with van der Waals surface area (Å²) < 4.78 is 11.2. The highest BCUT2D eigenvalue weighted by Crippen LogP contribution is 2.27. The molecule has 3 nitrogen and oxygen atoms in total. The summed E-state index contributed by atoms with van der Waals surface area (Å²) in [5, 5.41) is 0.